The molecule has 0 aromatic heterocycles. The van der Waals surface area contributed by atoms with Crippen LogP contribution in [0, 0.1) is 5.41 Å². The maximum atomic E-state index is 8.93. The van der Waals surface area contributed by atoms with Gasteiger partial charge in [-0.25, -0.2) is 0 Å². The third-order valence-electron chi connectivity index (χ3n) is 1.02. The van der Waals surface area contributed by atoms with Gasteiger partial charge in [-0.2, -0.15) is 0 Å². The zero-order chi connectivity index (χ0) is 7.40. The van der Waals surface area contributed by atoms with E-state index in [1.54, 1.807) is 12.4 Å². The maximum Gasteiger partial charge on any atom is 0.158 e. The van der Waals surface area contributed by atoms with Gasteiger partial charge in [0.15, 0.2) is 5.76 Å². The van der Waals surface area contributed by atoms with Gasteiger partial charge in [-0.1, -0.05) is 0 Å². The topological polar surface area (TPSA) is 68.5 Å². The second-order valence-corrected chi connectivity index (χ2v) is 1.68. The normalized spacial score (nSPS) is 20.0. The van der Waals surface area contributed by atoms with Crippen molar-refractivity contribution in [3.63, 3.8) is 0 Å². The number of aliphatic imine (C=N–C) groups is 1. The summed E-state index contributed by atoms with van der Waals surface area (Å²) < 4.78 is 0. The Morgan fingerprint density at radius 1 is 1.80 bits per heavy atom. The largest absolute Gasteiger partial charge is 0.504 e. The van der Waals surface area contributed by atoms with Crippen LogP contribution in [0.25, 0.3) is 0 Å². The summed E-state index contributed by atoms with van der Waals surface area (Å²) in [7, 11) is 0. The summed E-state index contributed by atoms with van der Waals surface area (Å²) in [6.45, 7) is 0. The van der Waals surface area contributed by atoms with E-state index in [0.717, 1.165) is 6.21 Å². The van der Waals surface area contributed by atoms with Crippen molar-refractivity contribution in [2.75, 3.05) is 0 Å². The highest BCUT2D eigenvalue weighted by Crippen LogP contribution is 1.95. The Kier molecular flexibility index (Phi) is 1.84. The van der Waals surface area contributed by atoms with Gasteiger partial charge in [-0.15, -0.1) is 0 Å². The van der Waals surface area contributed by atoms with Crippen LogP contribution in [0.5, 0.6) is 0 Å². The quantitative estimate of drug-likeness (QED) is 0.365. The van der Waals surface area contributed by atoms with Crippen LogP contribution in [0.15, 0.2) is 28.8 Å². The van der Waals surface area contributed by atoms with Crippen molar-refractivity contribution in [2.24, 2.45) is 4.99 Å². The van der Waals surface area contributed by atoms with Crippen LogP contribution in [0.3, 0.4) is 0 Å². The van der Waals surface area contributed by atoms with Crippen molar-refractivity contribution in [1.29, 1.82) is 5.41 Å². The van der Waals surface area contributed by atoms with Gasteiger partial charge >= 0.3 is 0 Å². The highest BCUT2D eigenvalue weighted by molar-refractivity contribution is 5.88. The van der Waals surface area contributed by atoms with Gasteiger partial charge in [-0.05, 0) is 0 Å². The molecule has 0 radical (unpaired) electrons. The summed E-state index contributed by atoms with van der Waals surface area (Å²) >= 11 is 0. The van der Waals surface area contributed by atoms with Gasteiger partial charge in [0, 0.05) is 12.4 Å². The molecule has 4 nitrogen and oxygen atoms in total. The molecule has 0 atom stereocenters. The molecule has 0 aromatic carbocycles. The lowest BCUT2D eigenvalue weighted by Crippen LogP contribution is -2.12. The van der Waals surface area contributed by atoms with E-state index in [2.05, 4.69) is 10.3 Å². The van der Waals surface area contributed by atoms with Gasteiger partial charge in [0.2, 0.25) is 0 Å². The van der Waals surface area contributed by atoms with E-state index in [1.165, 1.54) is 6.21 Å². The molecule has 0 aromatic rings. The van der Waals surface area contributed by atoms with E-state index in [0.29, 0.717) is 5.70 Å². The van der Waals surface area contributed by atoms with E-state index >= 15 is 0 Å². The molecule has 10 heavy (non-hydrogen) atoms. The van der Waals surface area contributed by atoms with E-state index in [-0.39, 0.29) is 5.76 Å². The zero-order valence-corrected chi connectivity index (χ0v) is 5.20. The molecule has 1 heterocycles. The SMILES string of the molecule is N=C/C(O)=C1/C=NC=CN1. The number of aliphatic hydroxyl groups excluding tert-OH is 1. The van der Waals surface area contributed by atoms with Gasteiger partial charge in [0.25, 0.3) is 0 Å². The number of hydrogen-bond donors (Lipinski definition) is 3. The van der Waals surface area contributed by atoms with Crippen LogP contribution in [0.2, 0.25) is 0 Å². The Hall–Kier alpha value is -1.58. The first kappa shape index (κ1) is 6.54. The van der Waals surface area contributed by atoms with Gasteiger partial charge < -0.3 is 15.8 Å². The van der Waals surface area contributed by atoms with E-state index < -0.39 is 0 Å². The zero-order valence-electron chi connectivity index (χ0n) is 5.20. The summed E-state index contributed by atoms with van der Waals surface area (Å²) in [5, 5.41) is 18.3. The first-order chi connectivity index (χ1) is 4.84. The highest BCUT2D eigenvalue weighted by Gasteiger charge is 1.98. The summed E-state index contributed by atoms with van der Waals surface area (Å²) in [5.74, 6) is -0.117. The van der Waals surface area contributed by atoms with Gasteiger partial charge in [0.1, 0.15) is 5.70 Å². The predicted molar refractivity (Wildman–Crippen MR) is 39.2 cm³/mol. The molecular formula is C6H7N3O. The Morgan fingerprint density at radius 2 is 2.60 bits per heavy atom. The lowest BCUT2D eigenvalue weighted by Gasteiger charge is -2.03. The van der Waals surface area contributed by atoms with Crippen molar-refractivity contribution < 1.29 is 5.11 Å². The Balaban J connectivity index is 2.84. The van der Waals surface area contributed by atoms with Crippen LogP contribution in [0.4, 0.5) is 0 Å². The van der Waals surface area contributed by atoms with Crippen molar-refractivity contribution in [3.8, 4) is 0 Å². The third-order valence-corrected chi connectivity index (χ3v) is 1.02. The molecule has 0 unspecified atom stereocenters. The number of aliphatic hydroxyl groups is 1. The van der Waals surface area contributed by atoms with E-state index in [4.69, 9.17) is 10.5 Å². The first-order valence-electron chi connectivity index (χ1n) is 2.73. The monoisotopic (exact) mass is 137 g/mol. The Bertz CT molecular complexity index is 227. The summed E-state index contributed by atoms with van der Waals surface area (Å²) in [6, 6.07) is 0. The minimum atomic E-state index is -0.117. The first-order valence-corrected chi connectivity index (χ1v) is 2.73. The predicted octanol–water partition coefficient (Wildman–Crippen LogP) is 0.551. The highest BCUT2D eigenvalue weighted by atomic mass is 16.3. The smallest absolute Gasteiger partial charge is 0.158 e. The average Bonchev–Trinajstić information content (AvgIpc) is 2.05. The van der Waals surface area contributed by atoms with Crippen LogP contribution < -0.4 is 5.32 Å². The minimum Gasteiger partial charge on any atom is -0.504 e. The van der Waals surface area contributed by atoms with Crippen molar-refractivity contribution in [3.05, 3.63) is 23.9 Å². The van der Waals surface area contributed by atoms with E-state index in [9.17, 15) is 0 Å². The van der Waals surface area contributed by atoms with Crippen molar-refractivity contribution in [2.45, 2.75) is 0 Å². The molecule has 0 saturated carbocycles. The molecule has 1 aliphatic rings. The fourth-order valence-electron chi connectivity index (χ4n) is 0.543. The number of hydrogen-bond acceptors (Lipinski definition) is 4. The third kappa shape index (κ3) is 1.22. The van der Waals surface area contributed by atoms with Gasteiger partial charge in [0.05, 0.1) is 12.4 Å². The number of nitrogens with zero attached hydrogens (tertiary/aromatic N) is 1. The van der Waals surface area contributed by atoms with E-state index in [1.807, 2.05) is 0 Å². The van der Waals surface area contributed by atoms with Crippen LogP contribution in [0.1, 0.15) is 0 Å². The molecule has 1 rings (SSSR count). The molecular weight excluding hydrogens is 130 g/mol. The molecule has 52 valence electrons. The second kappa shape index (κ2) is 2.82. The Morgan fingerprint density at radius 3 is 3.10 bits per heavy atom. The van der Waals surface area contributed by atoms with Crippen molar-refractivity contribution in [1.82, 2.24) is 5.32 Å². The molecule has 1 aliphatic heterocycles. The standard InChI is InChI=1S/C6H7N3O/c7-3-6(10)5-4-8-1-2-9-5/h1-4,7,9-10H/b6-5+,7-3?. The number of rotatable bonds is 1. The Labute approximate surface area is 58.1 Å². The minimum absolute atomic E-state index is 0.117. The average molecular weight is 137 g/mol. The summed E-state index contributed by atoms with van der Waals surface area (Å²) in [6.07, 6.45) is 5.43. The molecule has 0 saturated heterocycles. The van der Waals surface area contributed by atoms with Crippen LogP contribution >= 0.6 is 0 Å². The molecule has 0 fully saturated rings. The van der Waals surface area contributed by atoms with Crippen molar-refractivity contribution >= 4 is 12.4 Å². The van der Waals surface area contributed by atoms with Crippen LogP contribution in [-0.2, 0) is 0 Å². The molecule has 0 amide bonds. The van der Waals surface area contributed by atoms with Crippen LogP contribution in [-0.4, -0.2) is 17.5 Å². The second-order valence-electron chi connectivity index (χ2n) is 1.68. The number of nitrogens with one attached hydrogen (secondary N) is 2. The molecule has 0 spiro atoms. The molecule has 4 heteroatoms. The molecule has 0 bridgehead atoms. The van der Waals surface area contributed by atoms with Gasteiger partial charge in [-0.3, -0.25) is 4.99 Å². The summed E-state index contributed by atoms with van der Waals surface area (Å²) in [4.78, 5) is 3.74. The lowest BCUT2D eigenvalue weighted by molar-refractivity contribution is 0.439. The number of allylic oxidation sites excluding steroid dienone is 2. The fourth-order valence-corrected chi connectivity index (χ4v) is 0.543. The fraction of sp³-hybridized carbons (Fsp3) is 0. The lowest BCUT2D eigenvalue weighted by atomic mass is 10.4. The summed E-state index contributed by atoms with van der Waals surface area (Å²) in [5.41, 5.74) is 0.442. The maximum absolute atomic E-state index is 8.93. The molecule has 3 N–H and O–H groups in total. The molecule has 0 aliphatic carbocycles.